The molecule has 1 aromatic carbocycles. The molecule has 2 aromatic rings. The highest BCUT2D eigenvalue weighted by molar-refractivity contribution is 5.94. The van der Waals surface area contributed by atoms with Gasteiger partial charge in [0.05, 0.1) is 18.4 Å². The van der Waals surface area contributed by atoms with Gasteiger partial charge in [-0.1, -0.05) is 6.08 Å². The van der Waals surface area contributed by atoms with E-state index in [1.165, 1.54) is 12.1 Å². The summed E-state index contributed by atoms with van der Waals surface area (Å²) in [6.07, 6.45) is 3.22. The molecule has 1 saturated heterocycles. The van der Waals surface area contributed by atoms with E-state index in [2.05, 4.69) is 26.7 Å². The van der Waals surface area contributed by atoms with Gasteiger partial charge in [0.2, 0.25) is 0 Å². The van der Waals surface area contributed by atoms with Crippen molar-refractivity contribution in [1.29, 1.82) is 0 Å². The van der Waals surface area contributed by atoms with Crippen LogP contribution in [0.25, 0.3) is 0 Å². The minimum absolute atomic E-state index is 0.165. The number of benzene rings is 1. The fourth-order valence-corrected chi connectivity index (χ4v) is 3.06. The molecule has 0 atom stereocenters. The molecular weight excluding hydrogens is 347 g/mol. The van der Waals surface area contributed by atoms with Crippen molar-refractivity contribution in [3.05, 3.63) is 60.6 Å². The van der Waals surface area contributed by atoms with Gasteiger partial charge < -0.3 is 19.9 Å². The lowest BCUT2D eigenvalue weighted by molar-refractivity contribution is 0.0957. The summed E-state index contributed by atoms with van der Waals surface area (Å²) in [5.74, 6) is 0.898. The predicted molar refractivity (Wildman–Crippen MR) is 104 cm³/mol. The standard InChI is InChI=1S/C20H23FN4O2/c1-3-8-22-20(26)15-4-7-19(23-14-15)25-11-9-24(10-12-25)17-6-5-16(21)13-18(17)27-2/h3-7,13-14H,1,8-12H2,2H3,(H,22,26). The molecule has 0 unspecified atom stereocenters. The van der Waals surface area contributed by atoms with Crippen LogP contribution in [0, 0.1) is 5.82 Å². The van der Waals surface area contributed by atoms with E-state index < -0.39 is 0 Å². The van der Waals surface area contributed by atoms with Gasteiger partial charge in [-0.25, -0.2) is 9.37 Å². The summed E-state index contributed by atoms with van der Waals surface area (Å²) in [6, 6.07) is 8.23. The van der Waals surface area contributed by atoms with Crippen molar-refractivity contribution >= 4 is 17.4 Å². The van der Waals surface area contributed by atoms with Gasteiger partial charge in [-0.05, 0) is 24.3 Å². The first-order valence-corrected chi connectivity index (χ1v) is 8.81. The molecule has 0 bridgehead atoms. The molecule has 2 heterocycles. The summed E-state index contributed by atoms with van der Waals surface area (Å²) in [4.78, 5) is 20.7. The third kappa shape index (κ3) is 4.36. The number of rotatable bonds is 6. The summed E-state index contributed by atoms with van der Waals surface area (Å²) in [6.45, 7) is 7.09. The van der Waals surface area contributed by atoms with Crippen molar-refractivity contribution in [1.82, 2.24) is 10.3 Å². The fraction of sp³-hybridized carbons (Fsp3) is 0.300. The Balaban J connectivity index is 1.62. The van der Waals surface area contributed by atoms with Gasteiger partial charge in [-0.15, -0.1) is 6.58 Å². The summed E-state index contributed by atoms with van der Waals surface area (Å²) in [5, 5.41) is 2.73. The number of hydrogen-bond acceptors (Lipinski definition) is 5. The quantitative estimate of drug-likeness (QED) is 0.792. The van der Waals surface area contributed by atoms with Gasteiger partial charge in [0, 0.05) is 45.0 Å². The number of hydrogen-bond donors (Lipinski definition) is 1. The van der Waals surface area contributed by atoms with Gasteiger partial charge in [0.15, 0.2) is 0 Å². The molecule has 3 rings (SSSR count). The first-order valence-electron chi connectivity index (χ1n) is 8.81. The van der Waals surface area contributed by atoms with E-state index in [-0.39, 0.29) is 11.7 Å². The van der Waals surface area contributed by atoms with Crippen LogP contribution in [0.2, 0.25) is 0 Å². The summed E-state index contributed by atoms with van der Waals surface area (Å²) in [7, 11) is 1.55. The topological polar surface area (TPSA) is 57.7 Å². The Kier molecular flexibility index (Phi) is 5.90. The number of carbonyl (C=O) groups excluding carboxylic acids is 1. The van der Waals surface area contributed by atoms with E-state index in [0.717, 1.165) is 37.7 Å². The SMILES string of the molecule is C=CCNC(=O)c1ccc(N2CCN(c3ccc(F)cc3OC)CC2)nc1. The average Bonchev–Trinajstić information content (AvgIpc) is 2.72. The molecule has 142 valence electrons. The molecule has 1 N–H and O–H groups in total. The van der Waals surface area contributed by atoms with E-state index >= 15 is 0 Å². The number of amides is 1. The minimum atomic E-state index is -0.310. The lowest BCUT2D eigenvalue weighted by Gasteiger charge is -2.37. The number of methoxy groups -OCH3 is 1. The second kappa shape index (κ2) is 8.53. The molecule has 0 aliphatic carbocycles. The highest BCUT2D eigenvalue weighted by Crippen LogP contribution is 2.30. The number of aromatic nitrogens is 1. The van der Waals surface area contributed by atoms with Crippen molar-refractivity contribution in [3.8, 4) is 5.75 Å². The lowest BCUT2D eigenvalue weighted by atomic mass is 10.2. The Hall–Kier alpha value is -3.09. The van der Waals surface area contributed by atoms with Crippen molar-refractivity contribution < 1.29 is 13.9 Å². The fourth-order valence-electron chi connectivity index (χ4n) is 3.06. The highest BCUT2D eigenvalue weighted by atomic mass is 19.1. The minimum Gasteiger partial charge on any atom is -0.494 e. The van der Waals surface area contributed by atoms with Gasteiger partial charge in [-0.2, -0.15) is 0 Å². The number of pyridine rings is 1. The van der Waals surface area contributed by atoms with E-state index in [4.69, 9.17) is 4.74 Å². The molecule has 0 radical (unpaired) electrons. The third-order valence-electron chi connectivity index (χ3n) is 4.50. The number of ether oxygens (including phenoxy) is 1. The van der Waals surface area contributed by atoms with Gasteiger partial charge >= 0.3 is 0 Å². The number of nitrogens with zero attached hydrogens (tertiary/aromatic N) is 3. The summed E-state index contributed by atoms with van der Waals surface area (Å²) in [5.41, 5.74) is 1.41. The Labute approximate surface area is 158 Å². The number of piperazine rings is 1. The Morgan fingerprint density at radius 3 is 2.63 bits per heavy atom. The van der Waals surface area contributed by atoms with Crippen molar-refractivity contribution in [3.63, 3.8) is 0 Å². The molecule has 7 heteroatoms. The third-order valence-corrected chi connectivity index (χ3v) is 4.50. The van der Waals surface area contributed by atoms with Crippen LogP contribution in [0.1, 0.15) is 10.4 Å². The Morgan fingerprint density at radius 2 is 2.00 bits per heavy atom. The second-order valence-corrected chi connectivity index (χ2v) is 6.19. The van der Waals surface area contributed by atoms with Crippen molar-refractivity contribution in [2.45, 2.75) is 0 Å². The van der Waals surface area contributed by atoms with Gasteiger partial charge in [-0.3, -0.25) is 4.79 Å². The zero-order valence-corrected chi connectivity index (χ0v) is 15.3. The number of halogens is 1. The largest absolute Gasteiger partial charge is 0.494 e. The van der Waals surface area contributed by atoms with Crippen LogP contribution in [0.5, 0.6) is 5.75 Å². The van der Waals surface area contributed by atoms with Crippen molar-refractivity contribution in [2.75, 3.05) is 49.6 Å². The van der Waals surface area contributed by atoms with Gasteiger partial charge in [0.25, 0.3) is 5.91 Å². The molecule has 1 aliphatic rings. The maximum atomic E-state index is 13.4. The zero-order chi connectivity index (χ0) is 19.2. The maximum Gasteiger partial charge on any atom is 0.253 e. The van der Waals surface area contributed by atoms with Crippen LogP contribution < -0.4 is 19.9 Å². The highest BCUT2D eigenvalue weighted by Gasteiger charge is 2.21. The van der Waals surface area contributed by atoms with E-state index in [1.807, 2.05) is 6.07 Å². The molecule has 1 fully saturated rings. The van der Waals surface area contributed by atoms with E-state index in [1.54, 1.807) is 31.5 Å². The number of anilines is 2. The Morgan fingerprint density at radius 1 is 1.26 bits per heavy atom. The number of nitrogens with one attached hydrogen (secondary N) is 1. The van der Waals surface area contributed by atoms with Crippen molar-refractivity contribution in [2.24, 2.45) is 0 Å². The Bertz CT molecular complexity index is 802. The van der Waals surface area contributed by atoms with Crippen LogP contribution in [0.15, 0.2) is 49.2 Å². The monoisotopic (exact) mass is 370 g/mol. The molecule has 1 amide bonds. The molecule has 1 aliphatic heterocycles. The summed E-state index contributed by atoms with van der Waals surface area (Å²) < 4.78 is 18.7. The molecule has 6 nitrogen and oxygen atoms in total. The first-order chi connectivity index (χ1) is 13.1. The van der Waals surface area contributed by atoms with Crippen LogP contribution in [-0.2, 0) is 0 Å². The second-order valence-electron chi connectivity index (χ2n) is 6.19. The summed E-state index contributed by atoms with van der Waals surface area (Å²) >= 11 is 0. The molecule has 27 heavy (non-hydrogen) atoms. The number of carbonyl (C=O) groups is 1. The van der Waals surface area contributed by atoms with Gasteiger partial charge in [0.1, 0.15) is 17.4 Å². The molecule has 0 saturated carbocycles. The van der Waals surface area contributed by atoms with Crippen LogP contribution in [-0.4, -0.2) is 50.7 Å². The van der Waals surface area contributed by atoms with E-state index in [9.17, 15) is 9.18 Å². The van der Waals surface area contributed by atoms with Crippen LogP contribution in [0.3, 0.4) is 0 Å². The normalized spacial score (nSPS) is 14.0. The van der Waals surface area contributed by atoms with E-state index in [0.29, 0.717) is 17.9 Å². The van der Waals surface area contributed by atoms with Crippen LogP contribution in [0.4, 0.5) is 15.9 Å². The molecule has 1 aromatic heterocycles. The molecule has 0 spiro atoms. The zero-order valence-electron chi connectivity index (χ0n) is 15.3. The lowest BCUT2D eigenvalue weighted by Crippen LogP contribution is -2.47. The first kappa shape index (κ1) is 18.7. The maximum absolute atomic E-state index is 13.4. The molecular formula is C20H23FN4O2. The smallest absolute Gasteiger partial charge is 0.253 e. The van der Waals surface area contributed by atoms with Crippen LogP contribution >= 0.6 is 0 Å². The average molecular weight is 370 g/mol. The predicted octanol–water partition coefficient (Wildman–Crippen LogP) is 2.47.